The van der Waals surface area contributed by atoms with Crippen LogP contribution in [-0.2, 0) is 11.2 Å². The van der Waals surface area contributed by atoms with Gasteiger partial charge in [-0.25, -0.2) is 4.79 Å². The van der Waals surface area contributed by atoms with Crippen LogP contribution < -0.4 is 20.3 Å². The van der Waals surface area contributed by atoms with Crippen molar-refractivity contribution < 1.29 is 14.3 Å². The highest BCUT2D eigenvalue weighted by Gasteiger charge is 2.31. The maximum atomic E-state index is 12.2. The third kappa shape index (κ3) is 4.53. The Morgan fingerprint density at radius 1 is 1.15 bits per heavy atom. The second-order valence-electron chi connectivity index (χ2n) is 6.24. The van der Waals surface area contributed by atoms with Crippen LogP contribution in [0.4, 0.5) is 10.5 Å². The number of amides is 3. The molecule has 1 aliphatic heterocycles. The van der Waals surface area contributed by atoms with Crippen LogP contribution in [0.2, 0.25) is 0 Å². The van der Waals surface area contributed by atoms with Crippen LogP contribution >= 0.6 is 0 Å². The van der Waals surface area contributed by atoms with E-state index < -0.39 is 0 Å². The Hall–Kier alpha value is -3.02. The molecule has 6 heteroatoms. The molecule has 136 valence electrons. The largest absolute Gasteiger partial charge is 0.497 e. The Kier molecular flexibility index (Phi) is 5.73. The summed E-state index contributed by atoms with van der Waals surface area (Å²) < 4.78 is 5.12. The molecule has 0 aromatic heterocycles. The van der Waals surface area contributed by atoms with Crippen molar-refractivity contribution in [3.05, 3.63) is 60.2 Å². The Balaban J connectivity index is 1.43. The first-order valence-electron chi connectivity index (χ1n) is 8.68. The van der Waals surface area contributed by atoms with Crippen LogP contribution in [0.1, 0.15) is 12.0 Å². The Bertz CT molecular complexity index is 747. The van der Waals surface area contributed by atoms with Gasteiger partial charge in [-0.15, -0.1) is 0 Å². The molecule has 3 rings (SSSR count). The molecule has 26 heavy (non-hydrogen) atoms. The molecule has 1 aliphatic rings. The normalized spacial score (nSPS) is 16.4. The summed E-state index contributed by atoms with van der Waals surface area (Å²) in [6.07, 6.45) is 1.05. The Labute approximate surface area is 153 Å². The van der Waals surface area contributed by atoms with E-state index in [-0.39, 0.29) is 18.0 Å². The smallest absolute Gasteiger partial charge is 0.315 e. The van der Waals surface area contributed by atoms with Gasteiger partial charge in [0.05, 0.1) is 13.2 Å². The molecule has 2 aromatic rings. The third-order valence-corrected chi connectivity index (χ3v) is 4.39. The number of nitrogens with zero attached hydrogens (tertiary/aromatic N) is 1. The zero-order valence-corrected chi connectivity index (χ0v) is 14.8. The lowest BCUT2D eigenvalue weighted by Crippen LogP contribution is -2.43. The number of carbonyl (C=O) groups is 2. The molecule has 0 bridgehead atoms. The lowest BCUT2D eigenvalue weighted by molar-refractivity contribution is -0.117. The average molecular weight is 353 g/mol. The predicted octanol–water partition coefficient (Wildman–Crippen LogP) is 2.34. The van der Waals surface area contributed by atoms with Gasteiger partial charge in [0.1, 0.15) is 5.75 Å². The summed E-state index contributed by atoms with van der Waals surface area (Å²) in [7, 11) is 1.63. The molecule has 0 unspecified atom stereocenters. The van der Waals surface area contributed by atoms with Crippen molar-refractivity contribution in [3.63, 3.8) is 0 Å². The number of ether oxygens (including phenoxy) is 1. The molecule has 0 aliphatic carbocycles. The first-order chi connectivity index (χ1) is 12.7. The van der Waals surface area contributed by atoms with Crippen LogP contribution in [-0.4, -0.2) is 38.2 Å². The number of hydrogen-bond acceptors (Lipinski definition) is 3. The number of urea groups is 1. The highest BCUT2D eigenvalue weighted by atomic mass is 16.5. The van der Waals surface area contributed by atoms with E-state index in [1.807, 2.05) is 54.6 Å². The van der Waals surface area contributed by atoms with Crippen LogP contribution in [0, 0.1) is 0 Å². The molecular weight excluding hydrogens is 330 g/mol. The Morgan fingerprint density at radius 3 is 2.58 bits per heavy atom. The topological polar surface area (TPSA) is 70.7 Å². The molecule has 0 spiro atoms. The van der Waals surface area contributed by atoms with E-state index in [1.165, 1.54) is 0 Å². The number of para-hydroxylation sites is 1. The van der Waals surface area contributed by atoms with Crippen LogP contribution in [0.15, 0.2) is 54.6 Å². The number of nitrogens with one attached hydrogen (secondary N) is 2. The summed E-state index contributed by atoms with van der Waals surface area (Å²) in [6.45, 7) is 1.02. The third-order valence-electron chi connectivity index (χ3n) is 4.39. The van der Waals surface area contributed by atoms with Crippen molar-refractivity contribution in [3.8, 4) is 5.75 Å². The average Bonchev–Trinajstić information content (AvgIpc) is 3.03. The van der Waals surface area contributed by atoms with E-state index >= 15 is 0 Å². The van der Waals surface area contributed by atoms with Gasteiger partial charge < -0.3 is 20.3 Å². The van der Waals surface area contributed by atoms with Crippen molar-refractivity contribution in [2.24, 2.45) is 0 Å². The van der Waals surface area contributed by atoms with E-state index in [0.29, 0.717) is 19.5 Å². The molecule has 1 heterocycles. The number of hydrogen-bond donors (Lipinski definition) is 2. The number of benzene rings is 2. The maximum absolute atomic E-state index is 12.2. The van der Waals surface area contributed by atoms with E-state index in [2.05, 4.69) is 10.6 Å². The first kappa shape index (κ1) is 17.8. The summed E-state index contributed by atoms with van der Waals surface area (Å²) in [4.78, 5) is 25.9. The van der Waals surface area contributed by atoms with Gasteiger partial charge in [-0.05, 0) is 36.2 Å². The summed E-state index contributed by atoms with van der Waals surface area (Å²) in [6, 6.07) is 16.8. The van der Waals surface area contributed by atoms with Gasteiger partial charge in [-0.2, -0.15) is 0 Å². The summed E-state index contributed by atoms with van der Waals surface area (Å²) in [5.41, 5.74) is 1.99. The van der Waals surface area contributed by atoms with Crippen molar-refractivity contribution in [2.45, 2.75) is 18.9 Å². The van der Waals surface area contributed by atoms with Gasteiger partial charge in [0.25, 0.3) is 0 Å². The molecule has 2 aromatic carbocycles. The number of methoxy groups -OCH3 is 1. The second-order valence-corrected chi connectivity index (χ2v) is 6.24. The number of anilines is 1. The number of rotatable bonds is 6. The van der Waals surface area contributed by atoms with Crippen LogP contribution in [0.3, 0.4) is 0 Å². The van der Waals surface area contributed by atoms with E-state index in [0.717, 1.165) is 23.4 Å². The standard InChI is InChI=1S/C20H23N3O3/c1-26-18-9-7-15(8-10-18)11-12-21-20(25)22-16-13-19(24)23(14-16)17-5-3-2-4-6-17/h2-10,16H,11-14H2,1H3,(H2,21,22,25)/t16-/m0/s1. The molecule has 6 nitrogen and oxygen atoms in total. The summed E-state index contributed by atoms with van der Waals surface area (Å²) in [5.74, 6) is 0.841. The fourth-order valence-corrected chi connectivity index (χ4v) is 3.01. The van der Waals surface area contributed by atoms with Gasteiger partial charge >= 0.3 is 6.03 Å². The second kappa shape index (κ2) is 8.38. The molecule has 0 saturated carbocycles. The SMILES string of the molecule is COc1ccc(CCNC(=O)N[C@H]2CC(=O)N(c3ccccc3)C2)cc1. The van der Waals surface area contributed by atoms with E-state index in [4.69, 9.17) is 4.74 Å². The van der Waals surface area contributed by atoms with Gasteiger partial charge in [-0.3, -0.25) is 4.79 Å². The summed E-state index contributed by atoms with van der Waals surface area (Å²) in [5, 5.41) is 5.73. The maximum Gasteiger partial charge on any atom is 0.315 e. The molecule has 1 atom stereocenters. The van der Waals surface area contributed by atoms with Crippen molar-refractivity contribution in [2.75, 3.05) is 25.1 Å². The molecule has 1 saturated heterocycles. The minimum absolute atomic E-state index is 0.0275. The fraction of sp³-hybridized carbons (Fsp3) is 0.300. The zero-order valence-electron chi connectivity index (χ0n) is 14.8. The van der Waals surface area contributed by atoms with Gasteiger partial charge in [0.2, 0.25) is 5.91 Å². The number of carbonyl (C=O) groups excluding carboxylic acids is 2. The minimum atomic E-state index is -0.244. The molecule has 0 radical (unpaired) electrons. The lowest BCUT2D eigenvalue weighted by atomic mass is 10.1. The molecule has 2 N–H and O–H groups in total. The Morgan fingerprint density at radius 2 is 1.88 bits per heavy atom. The van der Waals surface area contributed by atoms with Crippen molar-refractivity contribution >= 4 is 17.6 Å². The van der Waals surface area contributed by atoms with Crippen molar-refractivity contribution in [1.29, 1.82) is 0 Å². The predicted molar refractivity (Wildman–Crippen MR) is 100 cm³/mol. The van der Waals surface area contributed by atoms with Gasteiger partial charge in [0, 0.05) is 25.2 Å². The van der Waals surface area contributed by atoms with Crippen molar-refractivity contribution in [1.82, 2.24) is 10.6 Å². The molecular formula is C20H23N3O3. The fourth-order valence-electron chi connectivity index (χ4n) is 3.01. The van der Waals surface area contributed by atoms with Crippen LogP contribution in [0.25, 0.3) is 0 Å². The minimum Gasteiger partial charge on any atom is -0.497 e. The van der Waals surface area contributed by atoms with Gasteiger partial charge in [-0.1, -0.05) is 30.3 Å². The van der Waals surface area contributed by atoms with E-state index in [1.54, 1.807) is 12.0 Å². The molecule has 1 fully saturated rings. The lowest BCUT2D eigenvalue weighted by Gasteiger charge is -2.17. The monoisotopic (exact) mass is 353 g/mol. The van der Waals surface area contributed by atoms with Crippen LogP contribution in [0.5, 0.6) is 5.75 Å². The van der Waals surface area contributed by atoms with Gasteiger partial charge in [0.15, 0.2) is 0 Å². The highest BCUT2D eigenvalue weighted by molar-refractivity contribution is 5.96. The molecule has 3 amide bonds. The van der Waals surface area contributed by atoms with E-state index in [9.17, 15) is 9.59 Å². The first-order valence-corrected chi connectivity index (χ1v) is 8.68. The highest BCUT2D eigenvalue weighted by Crippen LogP contribution is 2.20. The summed E-state index contributed by atoms with van der Waals surface area (Å²) >= 11 is 0. The quantitative estimate of drug-likeness (QED) is 0.837. The zero-order chi connectivity index (χ0) is 18.4.